The van der Waals surface area contributed by atoms with Crippen molar-refractivity contribution >= 4 is 17.3 Å². The van der Waals surface area contributed by atoms with Crippen LogP contribution >= 0.6 is 12.2 Å². The summed E-state index contributed by atoms with van der Waals surface area (Å²) in [6, 6.07) is 19.0. The van der Waals surface area contributed by atoms with Gasteiger partial charge in [-0.15, -0.1) is 0 Å². The summed E-state index contributed by atoms with van der Waals surface area (Å²) >= 11 is 5.76. The number of hydrogen-bond donors (Lipinski definition) is 1. The Bertz CT molecular complexity index is 949. The molecule has 2 aromatic heterocycles. The van der Waals surface area contributed by atoms with Crippen molar-refractivity contribution in [3.8, 4) is 0 Å². The second-order valence-electron chi connectivity index (χ2n) is 7.13. The standard InChI is InChI=1S/C22H24N4S/c1-15-13-18(16(2)25(15)3)21-20(19-11-7-8-12-23-19)24-22(27)26(21)14-17-9-5-4-6-10-17/h4-13,20-21H,14H2,1-3H3,(H,24,27)/t20-,21+/m0/s1. The molecule has 1 aliphatic heterocycles. The normalized spacial score (nSPS) is 19.4. The lowest BCUT2D eigenvalue weighted by atomic mass is 9.96. The number of aryl methyl sites for hydroxylation is 1. The summed E-state index contributed by atoms with van der Waals surface area (Å²) in [5.41, 5.74) is 6.08. The van der Waals surface area contributed by atoms with Crippen LogP contribution in [-0.2, 0) is 13.6 Å². The maximum atomic E-state index is 5.76. The van der Waals surface area contributed by atoms with Gasteiger partial charge >= 0.3 is 0 Å². The Morgan fingerprint density at radius 2 is 1.81 bits per heavy atom. The second kappa shape index (κ2) is 7.16. The molecule has 27 heavy (non-hydrogen) atoms. The van der Waals surface area contributed by atoms with Crippen LogP contribution in [0.2, 0.25) is 0 Å². The smallest absolute Gasteiger partial charge is 0.170 e. The molecular weight excluding hydrogens is 352 g/mol. The molecule has 1 saturated heterocycles. The van der Waals surface area contributed by atoms with E-state index in [1.54, 1.807) is 0 Å². The van der Waals surface area contributed by atoms with Gasteiger partial charge in [-0.05, 0) is 55.4 Å². The lowest BCUT2D eigenvalue weighted by Gasteiger charge is -2.28. The van der Waals surface area contributed by atoms with Gasteiger partial charge in [0.2, 0.25) is 0 Å². The van der Waals surface area contributed by atoms with Gasteiger partial charge in [0.05, 0.1) is 17.8 Å². The molecule has 1 aromatic carbocycles. The molecule has 2 atom stereocenters. The maximum absolute atomic E-state index is 5.76. The van der Waals surface area contributed by atoms with Crippen molar-refractivity contribution in [2.75, 3.05) is 0 Å². The predicted octanol–water partition coefficient (Wildman–Crippen LogP) is 4.21. The van der Waals surface area contributed by atoms with Crippen LogP contribution in [0.1, 0.15) is 40.3 Å². The van der Waals surface area contributed by atoms with Crippen molar-refractivity contribution in [3.05, 3.63) is 89.0 Å². The third kappa shape index (κ3) is 3.23. The molecule has 0 aliphatic carbocycles. The minimum atomic E-state index is 0.0305. The monoisotopic (exact) mass is 376 g/mol. The number of benzene rings is 1. The van der Waals surface area contributed by atoms with Crippen molar-refractivity contribution in [1.29, 1.82) is 0 Å². The summed E-state index contributed by atoms with van der Waals surface area (Å²) < 4.78 is 2.24. The highest BCUT2D eigenvalue weighted by atomic mass is 32.1. The zero-order chi connectivity index (χ0) is 19.0. The molecule has 3 heterocycles. The van der Waals surface area contributed by atoms with Gasteiger partial charge in [-0.3, -0.25) is 4.98 Å². The van der Waals surface area contributed by atoms with Crippen LogP contribution in [0.15, 0.2) is 60.8 Å². The molecule has 5 heteroatoms. The van der Waals surface area contributed by atoms with Crippen molar-refractivity contribution in [1.82, 2.24) is 19.8 Å². The van der Waals surface area contributed by atoms with Gasteiger partial charge in [0.15, 0.2) is 5.11 Å². The summed E-state index contributed by atoms with van der Waals surface area (Å²) in [7, 11) is 2.12. The minimum absolute atomic E-state index is 0.0305. The van der Waals surface area contributed by atoms with Crippen LogP contribution < -0.4 is 5.32 Å². The summed E-state index contributed by atoms with van der Waals surface area (Å²) in [5, 5.41) is 4.31. The number of aromatic nitrogens is 2. The van der Waals surface area contributed by atoms with Crippen LogP contribution in [0.3, 0.4) is 0 Å². The van der Waals surface area contributed by atoms with Gasteiger partial charge in [-0.1, -0.05) is 36.4 Å². The average molecular weight is 377 g/mol. The lowest BCUT2D eigenvalue weighted by molar-refractivity contribution is 0.310. The number of hydrogen-bond acceptors (Lipinski definition) is 2. The number of pyridine rings is 1. The largest absolute Gasteiger partial charge is 0.352 e. The molecule has 0 spiro atoms. The van der Waals surface area contributed by atoms with E-state index < -0.39 is 0 Å². The number of nitrogens with zero attached hydrogens (tertiary/aromatic N) is 3. The third-order valence-corrected chi connectivity index (χ3v) is 5.88. The third-order valence-electron chi connectivity index (χ3n) is 5.53. The van der Waals surface area contributed by atoms with E-state index in [9.17, 15) is 0 Å². The average Bonchev–Trinajstić information content (AvgIpc) is 3.14. The highest BCUT2D eigenvalue weighted by molar-refractivity contribution is 7.80. The van der Waals surface area contributed by atoms with Gasteiger partial charge < -0.3 is 14.8 Å². The Morgan fingerprint density at radius 1 is 1.07 bits per heavy atom. The van der Waals surface area contributed by atoms with Crippen LogP contribution in [0, 0.1) is 13.8 Å². The fourth-order valence-corrected chi connectivity index (χ4v) is 4.18. The molecule has 1 fully saturated rings. The number of thiocarbonyl (C=S) groups is 1. The highest BCUT2D eigenvalue weighted by Gasteiger charge is 2.41. The zero-order valence-corrected chi connectivity index (χ0v) is 16.7. The van der Waals surface area contributed by atoms with Crippen LogP contribution in [-0.4, -0.2) is 19.6 Å². The van der Waals surface area contributed by atoms with E-state index >= 15 is 0 Å². The van der Waals surface area contributed by atoms with E-state index in [2.05, 4.69) is 77.1 Å². The summed E-state index contributed by atoms with van der Waals surface area (Å²) in [4.78, 5) is 6.91. The SMILES string of the molecule is Cc1cc([C@@H]2[C@H](c3ccccn3)NC(=S)N2Cc2ccccc2)c(C)n1C. The molecule has 0 amide bonds. The van der Waals surface area contributed by atoms with E-state index in [-0.39, 0.29) is 12.1 Å². The van der Waals surface area contributed by atoms with E-state index in [0.717, 1.165) is 17.4 Å². The lowest BCUT2D eigenvalue weighted by Crippen LogP contribution is -2.29. The fourth-order valence-electron chi connectivity index (χ4n) is 3.88. The van der Waals surface area contributed by atoms with Gasteiger partial charge in [-0.25, -0.2) is 0 Å². The molecule has 4 nitrogen and oxygen atoms in total. The topological polar surface area (TPSA) is 33.1 Å². The van der Waals surface area contributed by atoms with Crippen LogP contribution in [0.5, 0.6) is 0 Å². The first-order chi connectivity index (χ1) is 13.1. The Hall–Kier alpha value is -2.66. The van der Waals surface area contributed by atoms with Gasteiger partial charge in [-0.2, -0.15) is 0 Å². The molecule has 3 aromatic rings. The Labute approximate surface area is 165 Å². The first-order valence-electron chi connectivity index (χ1n) is 9.21. The molecular formula is C22H24N4S. The van der Waals surface area contributed by atoms with Gasteiger partial charge in [0.25, 0.3) is 0 Å². The summed E-state index contributed by atoms with van der Waals surface area (Å²) in [5.74, 6) is 0. The van der Waals surface area contributed by atoms with Crippen molar-refractivity contribution in [2.45, 2.75) is 32.5 Å². The molecule has 4 rings (SSSR count). The first kappa shape index (κ1) is 17.7. The quantitative estimate of drug-likeness (QED) is 0.692. The van der Waals surface area contributed by atoms with Gasteiger partial charge in [0.1, 0.15) is 0 Å². The molecule has 1 aliphatic rings. The molecule has 0 radical (unpaired) electrons. The molecule has 0 bridgehead atoms. The van der Waals surface area contributed by atoms with Crippen molar-refractivity contribution in [2.24, 2.45) is 7.05 Å². The molecule has 1 N–H and O–H groups in total. The molecule has 0 saturated carbocycles. The van der Waals surface area contributed by atoms with Crippen LogP contribution in [0.25, 0.3) is 0 Å². The first-order valence-corrected chi connectivity index (χ1v) is 9.62. The number of rotatable bonds is 4. The van der Waals surface area contributed by atoms with E-state index in [0.29, 0.717) is 0 Å². The Balaban J connectivity index is 1.79. The summed E-state index contributed by atoms with van der Waals surface area (Å²) in [6.07, 6.45) is 1.85. The fraction of sp³-hybridized carbons (Fsp3) is 0.273. The second-order valence-corrected chi connectivity index (χ2v) is 7.51. The van der Waals surface area contributed by atoms with Crippen molar-refractivity contribution in [3.63, 3.8) is 0 Å². The van der Waals surface area contributed by atoms with Gasteiger partial charge in [0, 0.05) is 31.2 Å². The molecule has 0 unspecified atom stereocenters. The van der Waals surface area contributed by atoms with Crippen molar-refractivity contribution < 1.29 is 0 Å². The maximum Gasteiger partial charge on any atom is 0.170 e. The van der Waals surface area contributed by atoms with E-state index in [4.69, 9.17) is 12.2 Å². The minimum Gasteiger partial charge on any atom is -0.352 e. The van der Waals surface area contributed by atoms with Crippen LogP contribution in [0.4, 0.5) is 0 Å². The highest BCUT2D eigenvalue weighted by Crippen LogP contribution is 2.41. The Morgan fingerprint density at radius 3 is 2.44 bits per heavy atom. The predicted molar refractivity (Wildman–Crippen MR) is 112 cm³/mol. The van der Waals surface area contributed by atoms with E-state index in [1.807, 2.05) is 24.4 Å². The zero-order valence-electron chi connectivity index (χ0n) is 15.9. The Kier molecular flexibility index (Phi) is 4.70. The summed E-state index contributed by atoms with van der Waals surface area (Å²) in [6.45, 7) is 5.10. The number of nitrogens with one attached hydrogen (secondary N) is 1. The molecule has 138 valence electrons. The van der Waals surface area contributed by atoms with E-state index in [1.165, 1.54) is 22.5 Å².